The van der Waals surface area contributed by atoms with Crippen LogP contribution < -0.4 is 5.73 Å². The molecular weight excluding hydrogens is 240 g/mol. The average molecular weight is 270 g/mol. The molecular formula is C15H30N2O2. The minimum atomic E-state index is -0.000853. The van der Waals surface area contributed by atoms with E-state index in [9.17, 15) is 4.79 Å². The number of nitrogens with zero attached hydrogens (tertiary/aromatic N) is 1. The van der Waals surface area contributed by atoms with Crippen LogP contribution in [0.1, 0.15) is 47.0 Å². The number of hydrogen-bond donors (Lipinski definition) is 1. The van der Waals surface area contributed by atoms with Crippen molar-refractivity contribution < 1.29 is 9.53 Å². The first kappa shape index (κ1) is 16.4. The second-order valence-corrected chi connectivity index (χ2v) is 6.40. The number of carbonyl (C=O) groups excluding carboxylic acids is 1. The third-order valence-corrected chi connectivity index (χ3v) is 3.96. The van der Waals surface area contributed by atoms with E-state index in [1.165, 1.54) is 0 Å². The van der Waals surface area contributed by atoms with E-state index in [0.717, 1.165) is 32.5 Å². The molecule has 0 saturated heterocycles. The van der Waals surface area contributed by atoms with Crippen molar-refractivity contribution in [1.29, 1.82) is 0 Å². The highest BCUT2D eigenvalue weighted by molar-refractivity contribution is 5.76. The molecule has 0 aromatic carbocycles. The van der Waals surface area contributed by atoms with Crippen molar-refractivity contribution in [2.75, 3.05) is 26.2 Å². The lowest BCUT2D eigenvalue weighted by atomic mass is 9.79. The predicted octanol–water partition coefficient (Wildman–Crippen LogP) is 2.02. The van der Waals surface area contributed by atoms with Crippen molar-refractivity contribution in [1.82, 2.24) is 4.90 Å². The van der Waals surface area contributed by atoms with Crippen LogP contribution in [-0.4, -0.2) is 43.2 Å². The molecule has 1 aliphatic carbocycles. The summed E-state index contributed by atoms with van der Waals surface area (Å²) in [4.78, 5) is 14.2. The Hall–Kier alpha value is -0.610. The van der Waals surface area contributed by atoms with E-state index in [1.54, 1.807) is 0 Å². The first-order valence-electron chi connectivity index (χ1n) is 7.51. The fraction of sp³-hybridized carbons (Fsp3) is 0.933. The number of rotatable bonds is 8. The van der Waals surface area contributed by atoms with Gasteiger partial charge in [-0.2, -0.15) is 0 Å². The first-order valence-corrected chi connectivity index (χ1v) is 7.51. The molecule has 0 heterocycles. The lowest BCUT2D eigenvalue weighted by molar-refractivity contribution is -0.135. The van der Waals surface area contributed by atoms with Crippen molar-refractivity contribution in [2.24, 2.45) is 17.1 Å². The van der Waals surface area contributed by atoms with Crippen LogP contribution in [0.25, 0.3) is 0 Å². The third kappa shape index (κ3) is 5.11. The molecule has 2 N–H and O–H groups in total. The second kappa shape index (κ2) is 7.25. The highest BCUT2D eigenvalue weighted by Gasteiger charge is 2.33. The Morgan fingerprint density at radius 1 is 1.37 bits per heavy atom. The number of ether oxygens (including phenoxy) is 1. The molecule has 0 atom stereocenters. The summed E-state index contributed by atoms with van der Waals surface area (Å²) >= 11 is 0. The van der Waals surface area contributed by atoms with Crippen LogP contribution in [0.2, 0.25) is 0 Å². The van der Waals surface area contributed by atoms with E-state index in [-0.39, 0.29) is 11.3 Å². The van der Waals surface area contributed by atoms with Crippen molar-refractivity contribution in [3.05, 3.63) is 0 Å². The molecule has 4 heteroatoms. The van der Waals surface area contributed by atoms with Gasteiger partial charge < -0.3 is 15.4 Å². The molecule has 1 rings (SSSR count). The van der Waals surface area contributed by atoms with Crippen LogP contribution >= 0.6 is 0 Å². The monoisotopic (exact) mass is 270 g/mol. The number of nitrogens with two attached hydrogens (primary N) is 1. The van der Waals surface area contributed by atoms with Crippen LogP contribution in [0.4, 0.5) is 0 Å². The first-order chi connectivity index (χ1) is 8.91. The fourth-order valence-corrected chi connectivity index (χ4v) is 2.55. The van der Waals surface area contributed by atoms with Crippen molar-refractivity contribution in [3.8, 4) is 0 Å². The van der Waals surface area contributed by atoms with Gasteiger partial charge in [0.15, 0.2) is 0 Å². The summed E-state index contributed by atoms with van der Waals surface area (Å²) in [6.07, 6.45) is 3.13. The third-order valence-electron chi connectivity index (χ3n) is 3.96. The van der Waals surface area contributed by atoms with Gasteiger partial charge in [0.05, 0.1) is 6.10 Å². The molecule has 4 nitrogen and oxygen atoms in total. The number of amides is 1. The lowest BCUT2D eigenvalue weighted by Gasteiger charge is -2.37. The molecule has 0 unspecified atom stereocenters. The molecule has 0 radical (unpaired) electrons. The molecule has 112 valence electrons. The van der Waals surface area contributed by atoms with Crippen molar-refractivity contribution >= 4 is 5.91 Å². The van der Waals surface area contributed by atoms with E-state index >= 15 is 0 Å². The van der Waals surface area contributed by atoms with Gasteiger partial charge in [-0.05, 0) is 44.6 Å². The summed E-state index contributed by atoms with van der Waals surface area (Å²) in [5, 5.41) is 0. The van der Waals surface area contributed by atoms with Gasteiger partial charge in [0.2, 0.25) is 5.91 Å². The topological polar surface area (TPSA) is 55.6 Å². The Kier molecular flexibility index (Phi) is 6.27. The summed E-state index contributed by atoms with van der Waals surface area (Å²) < 4.78 is 5.53. The molecule has 0 spiro atoms. The largest absolute Gasteiger partial charge is 0.378 e. The molecule has 1 saturated carbocycles. The normalized spacial score (nSPS) is 23.0. The van der Waals surface area contributed by atoms with E-state index < -0.39 is 0 Å². The predicted molar refractivity (Wildman–Crippen MR) is 77.8 cm³/mol. The van der Waals surface area contributed by atoms with Crippen molar-refractivity contribution in [2.45, 2.75) is 53.1 Å². The highest BCUT2D eigenvalue weighted by atomic mass is 16.5. The van der Waals surface area contributed by atoms with Crippen LogP contribution in [0.3, 0.4) is 0 Å². The molecule has 0 aromatic heterocycles. The maximum absolute atomic E-state index is 12.3. The molecule has 0 aromatic rings. The average Bonchev–Trinajstić information content (AvgIpc) is 2.33. The summed E-state index contributed by atoms with van der Waals surface area (Å²) in [5.41, 5.74) is 5.74. The van der Waals surface area contributed by atoms with Gasteiger partial charge in [-0.1, -0.05) is 13.8 Å². The van der Waals surface area contributed by atoms with E-state index in [1.807, 2.05) is 18.7 Å². The van der Waals surface area contributed by atoms with E-state index in [4.69, 9.17) is 10.5 Å². The SMILES string of the molecule is CCOC1CC(CC(=O)N(CC)CC(C)(C)CN)C1. The Morgan fingerprint density at radius 3 is 2.47 bits per heavy atom. The Morgan fingerprint density at radius 2 is 2.00 bits per heavy atom. The Bertz CT molecular complexity index is 286. The van der Waals surface area contributed by atoms with Crippen LogP contribution in [-0.2, 0) is 9.53 Å². The Balaban J connectivity index is 2.35. The minimum absolute atomic E-state index is 0.000853. The molecule has 1 amide bonds. The summed E-state index contributed by atoms with van der Waals surface area (Å²) in [6, 6.07) is 0. The van der Waals surface area contributed by atoms with E-state index in [0.29, 0.717) is 25.0 Å². The minimum Gasteiger partial charge on any atom is -0.378 e. The molecule has 1 fully saturated rings. The smallest absolute Gasteiger partial charge is 0.222 e. The maximum atomic E-state index is 12.3. The lowest BCUT2D eigenvalue weighted by Crippen LogP contribution is -2.43. The van der Waals surface area contributed by atoms with Gasteiger partial charge in [0.1, 0.15) is 0 Å². The van der Waals surface area contributed by atoms with Gasteiger partial charge in [0, 0.05) is 26.1 Å². The fourth-order valence-electron chi connectivity index (χ4n) is 2.55. The zero-order valence-corrected chi connectivity index (χ0v) is 12.9. The van der Waals surface area contributed by atoms with Crippen LogP contribution in [0.15, 0.2) is 0 Å². The zero-order chi connectivity index (χ0) is 14.5. The second-order valence-electron chi connectivity index (χ2n) is 6.40. The van der Waals surface area contributed by atoms with Crippen LogP contribution in [0, 0.1) is 11.3 Å². The maximum Gasteiger partial charge on any atom is 0.222 e. The molecule has 0 bridgehead atoms. The highest BCUT2D eigenvalue weighted by Crippen LogP contribution is 2.33. The summed E-state index contributed by atoms with van der Waals surface area (Å²) in [6.45, 7) is 11.2. The summed E-state index contributed by atoms with van der Waals surface area (Å²) in [5.74, 6) is 0.781. The van der Waals surface area contributed by atoms with Crippen molar-refractivity contribution in [3.63, 3.8) is 0 Å². The van der Waals surface area contributed by atoms with Gasteiger partial charge >= 0.3 is 0 Å². The van der Waals surface area contributed by atoms with Gasteiger partial charge in [-0.15, -0.1) is 0 Å². The quantitative estimate of drug-likeness (QED) is 0.734. The van der Waals surface area contributed by atoms with Gasteiger partial charge in [-0.3, -0.25) is 4.79 Å². The molecule has 1 aliphatic rings. The number of carbonyl (C=O) groups is 1. The van der Waals surface area contributed by atoms with Gasteiger partial charge in [-0.25, -0.2) is 0 Å². The summed E-state index contributed by atoms with van der Waals surface area (Å²) in [7, 11) is 0. The van der Waals surface area contributed by atoms with E-state index in [2.05, 4.69) is 13.8 Å². The molecule has 19 heavy (non-hydrogen) atoms. The molecule has 0 aliphatic heterocycles. The Labute approximate surface area is 117 Å². The standard InChI is InChI=1S/C15H30N2O2/c1-5-17(11-15(3,4)10-16)14(18)9-12-7-13(8-12)19-6-2/h12-13H,5-11,16H2,1-4H3. The van der Waals surface area contributed by atoms with Gasteiger partial charge in [0.25, 0.3) is 0 Å². The number of hydrogen-bond acceptors (Lipinski definition) is 3. The zero-order valence-electron chi connectivity index (χ0n) is 12.9. The van der Waals surface area contributed by atoms with Crippen LogP contribution in [0.5, 0.6) is 0 Å².